The van der Waals surface area contributed by atoms with E-state index in [0.29, 0.717) is 12.8 Å². The van der Waals surface area contributed by atoms with Gasteiger partial charge in [-0.2, -0.15) is 4.37 Å². The van der Waals surface area contributed by atoms with Gasteiger partial charge in [0.2, 0.25) is 5.13 Å². The maximum Gasteiger partial charge on any atom is 0.329 e. The number of rotatable bonds is 5. The minimum atomic E-state index is -0.775. The molecule has 0 radical (unpaired) electrons. The molecule has 6 heteroatoms. The van der Waals surface area contributed by atoms with Gasteiger partial charge in [-0.1, -0.05) is 27.2 Å². The second kappa shape index (κ2) is 5.45. The van der Waals surface area contributed by atoms with Gasteiger partial charge in [-0.15, -0.1) is 0 Å². The zero-order valence-electron chi connectivity index (χ0n) is 11.7. The van der Waals surface area contributed by atoms with E-state index in [-0.39, 0.29) is 5.92 Å². The Balaban J connectivity index is 2.32. The van der Waals surface area contributed by atoms with E-state index in [9.17, 15) is 9.90 Å². The standard InChI is InChI=1S/C13H21N3O2S/c1-4-6-13(11(17)18)7-5-8-16(13)12-14-10(9(2)3)15-19-12/h9H,4-8H2,1-3H3,(H,17,18). The molecule has 1 fully saturated rings. The molecule has 0 spiro atoms. The highest BCUT2D eigenvalue weighted by molar-refractivity contribution is 7.09. The lowest BCUT2D eigenvalue weighted by molar-refractivity contribution is -0.143. The van der Waals surface area contributed by atoms with E-state index in [4.69, 9.17) is 0 Å². The van der Waals surface area contributed by atoms with E-state index in [0.717, 1.165) is 30.3 Å². The van der Waals surface area contributed by atoms with Crippen LogP contribution in [0.2, 0.25) is 0 Å². The first-order valence-electron chi connectivity index (χ1n) is 6.86. The second-order valence-electron chi connectivity index (χ2n) is 5.43. The lowest BCUT2D eigenvalue weighted by Gasteiger charge is -2.34. The van der Waals surface area contributed by atoms with Crippen molar-refractivity contribution in [2.75, 3.05) is 11.4 Å². The molecule has 1 unspecified atom stereocenters. The predicted octanol–water partition coefficient (Wildman–Crippen LogP) is 2.89. The highest BCUT2D eigenvalue weighted by Gasteiger charge is 2.48. The number of anilines is 1. The summed E-state index contributed by atoms with van der Waals surface area (Å²) in [6.07, 6.45) is 3.13. The predicted molar refractivity (Wildman–Crippen MR) is 75.9 cm³/mol. The number of hydrogen-bond donors (Lipinski definition) is 1. The Kier molecular flexibility index (Phi) is 4.08. The van der Waals surface area contributed by atoms with E-state index in [1.54, 1.807) is 0 Å². The van der Waals surface area contributed by atoms with Gasteiger partial charge in [-0.25, -0.2) is 9.78 Å². The van der Waals surface area contributed by atoms with E-state index in [2.05, 4.69) is 9.36 Å². The molecular formula is C13H21N3O2S. The number of aliphatic carboxylic acids is 1. The van der Waals surface area contributed by atoms with Crippen molar-refractivity contribution in [3.05, 3.63) is 5.82 Å². The summed E-state index contributed by atoms with van der Waals surface area (Å²) in [7, 11) is 0. The highest BCUT2D eigenvalue weighted by atomic mass is 32.1. The van der Waals surface area contributed by atoms with Gasteiger partial charge in [-0.05, 0) is 19.3 Å². The Morgan fingerprint density at radius 3 is 2.84 bits per heavy atom. The fraction of sp³-hybridized carbons (Fsp3) is 0.769. The van der Waals surface area contributed by atoms with Gasteiger partial charge in [0.15, 0.2) is 0 Å². The lowest BCUT2D eigenvalue weighted by Crippen LogP contribution is -2.50. The molecule has 0 saturated carbocycles. The molecule has 1 aromatic heterocycles. The van der Waals surface area contributed by atoms with E-state index in [1.807, 2.05) is 25.7 Å². The van der Waals surface area contributed by atoms with Gasteiger partial charge in [0.1, 0.15) is 11.4 Å². The molecule has 106 valence electrons. The smallest absolute Gasteiger partial charge is 0.329 e. The average molecular weight is 283 g/mol. The Morgan fingerprint density at radius 1 is 1.58 bits per heavy atom. The molecule has 5 nitrogen and oxygen atoms in total. The number of carboxylic acid groups (broad SMARTS) is 1. The zero-order chi connectivity index (χ0) is 14.0. The minimum Gasteiger partial charge on any atom is -0.479 e. The molecule has 0 aromatic carbocycles. The fourth-order valence-corrected chi connectivity index (χ4v) is 3.66. The molecule has 1 aromatic rings. The first-order chi connectivity index (χ1) is 9.01. The molecule has 0 amide bonds. The molecule has 0 bridgehead atoms. The van der Waals surface area contributed by atoms with Crippen molar-refractivity contribution >= 4 is 22.6 Å². The van der Waals surface area contributed by atoms with Crippen molar-refractivity contribution in [1.29, 1.82) is 0 Å². The van der Waals surface area contributed by atoms with Crippen molar-refractivity contribution < 1.29 is 9.90 Å². The summed E-state index contributed by atoms with van der Waals surface area (Å²) in [5.41, 5.74) is -0.775. The van der Waals surface area contributed by atoms with Gasteiger partial charge in [0.25, 0.3) is 0 Å². The molecule has 2 rings (SSSR count). The highest BCUT2D eigenvalue weighted by Crippen LogP contribution is 2.39. The third kappa shape index (κ3) is 2.45. The molecule has 1 N–H and O–H groups in total. The molecule has 19 heavy (non-hydrogen) atoms. The molecule has 1 atom stereocenters. The SMILES string of the molecule is CCCC1(C(=O)O)CCCN1c1nc(C(C)C)ns1. The average Bonchev–Trinajstić information content (AvgIpc) is 2.95. The van der Waals surface area contributed by atoms with Crippen LogP contribution in [-0.2, 0) is 4.79 Å². The molecule has 1 aliphatic rings. The van der Waals surface area contributed by atoms with Crippen LogP contribution in [0, 0.1) is 0 Å². The normalized spacial score (nSPS) is 23.3. The summed E-state index contributed by atoms with van der Waals surface area (Å²) in [5, 5.41) is 10.4. The van der Waals surface area contributed by atoms with Crippen molar-refractivity contribution in [2.24, 2.45) is 0 Å². The fourth-order valence-electron chi connectivity index (χ4n) is 2.73. The number of nitrogens with zero attached hydrogens (tertiary/aromatic N) is 3. The zero-order valence-corrected chi connectivity index (χ0v) is 12.5. The van der Waals surface area contributed by atoms with Crippen LogP contribution < -0.4 is 4.90 Å². The first kappa shape index (κ1) is 14.2. The summed E-state index contributed by atoms with van der Waals surface area (Å²) in [5.74, 6) is 0.355. The Hall–Kier alpha value is -1.17. The largest absolute Gasteiger partial charge is 0.479 e. The summed E-state index contributed by atoms with van der Waals surface area (Å²) < 4.78 is 4.34. The molecule has 1 aliphatic heterocycles. The maximum atomic E-state index is 11.8. The third-order valence-corrected chi connectivity index (χ3v) is 4.48. The molecule has 2 heterocycles. The van der Waals surface area contributed by atoms with Crippen molar-refractivity contribution in [1.82, 2.24) is 9.36 Å². The van der Waals surface area contributed by atoms with Crippen LogP contribution in [-0.4, -0.2) is 32.5 Å². The van der Waals surface area contributed by atoms with E-state index in [1.165, 1.54) is 11.5 Å². The van der Waals surface area contributed by atoms with Crippen LogP contribution in [0.1, 0.15) is 58.2 Å². The number of carbonyl (C=O) groups is 1. The molecule has 1 saturated heterocycles. The van der Waals surface area contributed by atoms with Crippen LogP contribution in [0.15, 0.2) is 0 Å². The van der Waals surface area contributed by atoms with Crippen LogP contribution in [0.3, 0.4) is 0 Å². The Labute approximate surface area is 117 Å². The second-order valence-corrected chi connectivity index (χ2v) is 6.16. The van der Waals surface area contributed by atoms with Crippen molar-refractivity contribution in [2.45, 2.75) is 57.9 Å². The van der Waals surface area contributed by atoms with Gasteiger partial charge in [0, 0.05) is 24.0 Å². The quantitative estimate of drug-likeness (QED) is 0.900. The molecule has 0 aliphatic carbocycles. The van der Waals surface area contributed by atoms with Crippen LogP contribution in [0.5, 0.6) is 0 Å². The monoisotopic (exact) mass is 283 g/mol. The minimum absolute atomic E-state index is 0.276. The summed E-state index contributed by atoms with van der Waals surface area (Å²) >= 11 is 1.32. The number of hydrogen-bond acceptors (Lipinski definition) is 5. The lowest BCUT2D eigenvalue weighted by atomic mass is 9.91. The van der Waals surface area contributed by atoms with Gasteiger partial charge >= 0.3 is 5.97 Å². The maximum absolute atomic E-state index is 11.8. The van der Waals surface area contributed by atoms with E-state index >= 15 is 0 Å². The van der Waals surface area contributed by atoms with Crippen molar-refractivity contribution in [3.63, 3.8) is 0 Å². The first-order valence-corrected chi connectivity index (χ1v) is 7.63. The van der Waals surface area contributed by atoms with Gasteiger partial charge in [-0.3, -0.25) is 0 Å². The molecular weight excluding hydrogens is 262 g/mol. The van der Waals surface area contributed by atoms with Crippen molar-refractivity contribution in [3.8, 4) is 0 Å². The van der Waals surface area contributed by atoms with Crippen LogP contribution in [0.4, 0.5) is 5.13 Å². The summed E-state index contributed by atoms with van der Waals surface area (Å²) in [6, 6.07) is 0. The number of aromatic nitrogens is 2. The van der Waals surface area contributed by atoms with Gasteiger partial charge in [0.05, 0.1) is 0 Å². The Bertz CT molecular complexity index is 460. The Morgan fingerprint density at radius 2 is 2.32 bits per heavy atom. The summed E-state index contributed by atoms with van der Waals surface area (Å²) in [4.78, 5) is 18.2. The van der Waals surface area contributed by atoms with Gasteiger partial charge < -0.3 is 10.0 Å². The number of carboxylic acids is 1. The topological polar surface area (TPSA) is 66.3 Å². The van der Waals surface area contributed by atoms with Crippen LogP contribution in [0.25, 0.3) is 0 Å². The van der Waals surface area contributed by atoms with Crippen LogP contribution >= 0.6 is 11.5 Å². The summed E-state index contributed by atoms with van der Waals surface area (Å²) in [6.45, 7) is 6.89. The third-order valence-electron chi connectivity index (χ3n) is 3.73. The van der Waals surface area contributed by atoms with E-state index < -0.39 is 11.5 Å².